The molecule has 0 aliphatic heterocycles. The number of hydrogen-bond acceptors (Lipinski definition) is 5. The second kappa shape index (κ2) is 5.93. The fourth-order valence-corrected chi connectivity index (χ4v) is 1.90. The predicted molar refractivity (Wildman–Crippen MR) is 66.9 cm³/mol. The summed E-state index contributed by atoms with van der Waals surface area (Å²) < 4.78 is 68.3. The van der Waals surface area contributed by atoms with Gasteiger partial charge in [-0.05, 0) is 5.10 Å². The molecule has 0 radical (unpaired) electrons. The average Bonchev–Trinajstić information content (AvgIpc) is 2.44. The van der Waals surface area contributed by atoms with Crippen LogP contribution in [0.25, 0.3) is 11.4 Å². The van der Waals surface area contributed by atoms with Gasteiger partial charge < -0.3 is 0 Å². The first kappa shape index (κ1) is 16.2. The Bertz CT molecular complexity index is 746. The van der Waals surface area contributed by atoms with E-state index in [4.69, 9.17) is 4.55 Å². The molecule has 0 amide bonds. The Kier molecular flexibility index (Phi) is 4.37. The quantitative estimate of drug-likeness (QED) is 0.654. The molecule has 118 valence electrons. The van der Waals surface area contributed by atoms with Crippen molar-refractivity contribution in [3.8, 4) is 11.4 Å². The zero-order valence-electron chi connectivity index (χ0n) is 10.9. The van der Waals surface area contributed by atoms with Gasteiger partial charge in [0.15, 0.2) is 18.6 Å². The smallest absolute Gasteiger partial charge is 0.285 e. The zero-order chi connectivity index (χ0) is 16.4. The Labute approximate surface area is 123 Å². The molecule has 22 heavy (non-hydrogen) atoms. The van der Waals surface area contributed by atoms with Crippen LogP contribution in [0.5, 0.6) is 0 Å². The molecule has 0 aliphatic rings. The van der Waals surface area contributed by atoms with E-state index in [2.05, 4.69) is 15.1 Å². The summed E-state index contributed by atoms with van der Waals surface area (Å²) in [7, 11) is -4.10. The maximum Gasteiger partial charge on any atom is 0.419 e. The van der Waals surface area contributed by atoms with Crippen molar-refractivity contribution < 1.29 is 30.8 Å². The summed E-state index contributed by atoms with van der Waals surface area (Å²) in [5.74, 6) is -0.441. The fourth-order valence-electron chi connectivity index (χ4n) is 1.48. The molecule has 0 aliphatic carbocycles. The van der Waals surface area contributed by atoms with Crippen molar-refractivity contribution in [1.29, 1.82) is 0 Å². The van der Waals surface area contributed by atoms with E-state index >= 15 is 0 Å². The Morgan fingerprint density at radius 1 is 1.18 bits per heavy atom. The van der Waals surface area contributed by atoms with Gasteiger partial charge in [-0.2, -0.15) is 21.6 Å². The van der Waals surface area contributed by atoms with Crippen molar-refractivity contribution in [2.75, 3.05) is 5.75 Å². The van der Waals surface area contributed by atoms with Crippen LogP contribution in [0.4, 0.5) is 13.2 Å². The summed E-state index contributed by atoms with van der Waals surface area (Å²) in [5.41, 5.74) is -0.583. The van der Waals surface area contributed by atoms with E-state index in [1.165, 1.54) is 23.1 Å². The molecule has 11 heteroatoms. The lowest BCUT2D eigenvalue weighted by Crippen LogP contribution is -2.40. The first-order chi connectivity index (χ1) is 10.1. The van der Waals surface area contributed by atoms with Crippen LogP contribution in [0, 0.1) is 0 Å². The minimum atomic E-state index is -4.51. The number of rotatable bonds is 4. The van der Waals surface area contributed by atoms with Crippen molar-refractivity contribution in [3.63, 3.8) is 0 Å². The van der Waals surface area contributed by atoms with Crippen LogP contribution in [0.15, 0.2) is 30.9 Å². The normalized spacial score (nSPS) is 12.4. The maximum atomic E-state index is 12.4. The summed E-state index contributed by atoms with van der Waals surface area (Å²) in [4.78, 5) is 7.23. The van der Waals surface area contributed by atoms with Gasteiger partial charge in [-0.3, -0.25) is 4.55 Å². The van der Waals surface area contributed by atoms with E-state index in [0.29, 0.717) is 18.0 Å². The van der Waals surface area contributed by atoms with E-state index in [1.807, 2.05) is 0 Å². The fraction of sp³-hybridized carbons (Fsp3) is 0.273. The Hall–Kier alpha value is -2.14. The Morgan fingerprint density at radius 2 is 1.82 bits per heavy atom. The summed E-state index contributed by atoms with van der Waals surface area (Å²) in [5, 5.41) is 3.87. The molecular weight excluding hydrogens is 325 g/mol. The topological polar surface area (TPSA) is 96.9 Å². The van der Waals surface area contributed by atoms with Gasteiger partial charge in [0.05, 0.1) is 5.56 Å². The molecule has 2 rings (SSSR count). The van der Waals surface area contributed by atoms with Crippen LogP contribution in [0.2, 0.25) is 0 Å². The highest BCUT2D eigenvalue weighted by Gasteiger charge is 2.31. The zero-order valence-corrected chi connectivity index (χ0v) is 11.7. The SMILES string of the molecule is O=S(=O)(O)CC[n+]1ccc(-c2ncc(C(F)(F)F)cn2)cn1. The second-order valence-corrected chi connectivity index (χ2v) is 5.83. The van der Waals surface area contributed by atoms with E-state index < -0.39 is 27.6 Å². The van der Waals surface area contributed by atoms with Gasteiger partial charge in [0, 0.05) is 24.0 Å². The molecule has 0 saturated carbocycles. The monoisotopic (exact) mass is 335 g/mol. The van der Waals surface area contributed by atoms with Gasteiger partial charge >= 0.3 is 6.18 Å². The van der Waals surface area contributed by atoms with E-state index in [9.17, 15) is 21.6 Å². The maximum absolute atomic E-state index is 12.4. The molecule has 1 N–H and O–H groups in total. The third-order valence-electron chi connectivity index (χ3n) is 2.59. The highest BCUT2D eigenvalue weighted by Crippen LogP contribution is 2.28. The van der Waals surface area contributed by atoms with Crippen molar-refractivity contribution in [3.05, 3.63) is 36.4 Å². The number of alkyl halides is 3. The summed E-state index contributed by atoms with van der Waals surface area (Å²) in [6, 6.07) is 1.47. The number of hydrogen-bond donors (Lipinski definition) is 1. The average molecular weight is 335 g/mol. The molecule has 0 fully saturated rings. The van der Waals surface area contributed by atoms with Crippen molar-refractivity contribution in [1.82, 2.24) is 15.1 Å². The number of halogens is 3. The van der Waals surface area contributed by atoms with Gasteiger partial charge in [-0.25, -0.2) is 9.97 Å². The predicted octanol–water partition coefficient (Wildman–Crippen LogP) is 0.733. The molecule has 2 aromatic rings. The molecule has 2 aromatic heterocycles. The van der Waals surface area contributed by atoms with Crippen LogP contribution in [-0.4, -0.2) is 33.8 Å². The molecule has 0 aromatic carbocycles. The van der Waals surface area contributed by atoms with Gasteiger partial charge in [-0.15, -0.1) is 0 Å². The molecular formula is C11H10F3N4O3S+. The van der Waals surface area contributed by atoms with E-state index in [-0.39, 0.29) is 12.4 Å². The highest BCUT2D eigenvalue weighted by molar-refractivity contribution is 7.85. The van der Waals surface area contributed by atoms with Gasteiger partial charge in [0.2, 0.25) is 0 Å². The summed E-state index contributed by atoms with van der Waals surface area (Å²) >= 11 is 0. The number of aryl methyl sites for hydroxylation is 1. The Balaban J connectivity index is 2.13. The van der Waals surface area contributed by atoms with Crippen LogP contribution in [0.3, 0.4) is 0 Å². The molecule has 0 spiro atoms. The minimum Gasteiger partial charge on any atom is -0.285 e. The van der Waals surface area contributed by atoms with Crippen molar-refractivity contribution in [2.45, 2.75) is 12.7 Å². The van der Waals surface area contributed by atoms with Crippen LogP contribution >= 0.6 is 0 Å². The first-order valence-corrected chi connectivity index (χ1v) is 7.46. The second-order valence-electron chi connectivity index (χ2n) is 4.26. The molecule has 0 unspecified atom stereocenters. The summed E-state index contributed by atoms with van der Waals surface area (Å²) in [6.07, 6.45) is -0.482. The van der Waals surface area contributed by atoms with Crippen molar-refractivity contribution >= 4 is 10.1 Å². The highest BCUT2D eigenvalue weighted by atomic mass is 32.2. The van der Waals surface area contributed by atoms with Crippen LogP contribution in [-0.2, 0) is 22.8 Å². The minimum absolute atomic E-state index is 0.0578. The number of nitrogens with zero attached hydrogens (tertiary/aromatic N) is 4. The third-order valence-corrected chi connectivity index (χ3v) is 3.29. The summed E-state index contributed by atoms with van der Waals surface area (Å²) in [6.45, 7) is -0.0625. The van der Waals surface area contributed by atoms with E-state index in [0.717, 1.165) is 0 Å². The molecule has 0 atom stereocenters. The first-order valence-electron chi connectivity index (χ1n) is 5.86. The van der Waals surface area contributed by atoms with Crippen molar-refractivity contribution in [2.24, 2.45) is 0 Å². The standard InChI is InChI=1S/C11H9F3N4O3S/c12-11(13,14)9-6-15-10(16-7-9)8-1-2-18(17-5-8)3-4-22(19,20)21/h1-2,5-7H,3-4H2/p+1. The Morgan fingerprint density at radius 3 is 2.27 bits per heavy atom. The number of aromatic nitrogens is 4. The largest absolute Gasteiger partial charge is 0.419 e. The molecule has 0 bridgehead atoms. The van der Waals surface area contributed by atoms with Gasteiger partial charge in [0.25, 0.3) is 10.1 Å². The van der Waals surface area contributed by atoms with Gasteiger partial charge in [-0.1, -0.05) is 4.68 Å². The van der Waals surface area contributed by atoms with Gasteiger partial charge in [0.1, 0.15) is 11.9 Å². The van der Waals surface area contributed by atoms with E-state index in [1.54, 1.807) is 0 Å². The molecule has 2 heterocycles. The van der Waals surface area contributed by atoms with Crippen LogP contribution in [0.1, 0.15) is 5.56 Å². The van der Waals surface area contributed by atoms with Crippen LogP contribution < -0.4 is 4.68 Å². The lowest BCUT2D eigenvalue weighted by atomic mass is 10.2. The molecule has 0 saturated heterocycles. The molecule has 7 nitrogen and oxygen atoms in total. The lowest BCUT2D eigenvalue weighted by Gasteiger charge is -2.05. The third kappa shape index (κ3) is 4.43. The lowest BCUT2D eigenvalue weighted by molar-refractivity contribution is -0.750.